The van der Waals surface area contributed by atoms with Gasteiger partial charge in [0.15, 0.2) is 0 Å². The summed E-state index contributed by atoms with van der Waals surface area (Å²) in [5, 5.41) is 0. The normalized spacial score (nSPS) is 27.1. The molecule has 3 aromatic rings. The third kappa shape index (κ3) is 2.25. The fourth-order valence-electron chi connectivity index (χ4n) is 6.26. The van der Waals surface area contributed by atoms with Gasteiger partial charge in [-0.3, -0.25) is 14.4 Å². The smallest absolute Gasteiger partial charge is 0.308 e. The largest absolute Gasteiger partial charge is 0.427 e. The summed E-state index contributed by atoms with van der Waals surface area (Å²) in [6.45, 7) is 3.42. The van der Waals surface area contributed by atoms with Crippen LogP contribution >= 0.6 is 0 Å². The molecule has 0 saturated carbocycles. The number of hydrogen-bond acceptors (Lipinski definition) is 4. The number of nitrogens with zero attached hydrogens (tertiary/aromatic N) is 1. The Bertz CT molecular complexity index is 1280. The predicted octanol–water partition coefficient (Wildman–Crippen LogP) is 4.18. The number of anilines is 1. The van der Waals surface area contributed by atoms with Crippen molar-refractivity contribution in [1.82, 2.24) is 0 Å². The SMILES string of the molecule is CC(=O)Oc1cccc(N2C(=O)C3C4c5ccccc5C(C)(c5ccccc54)C3C2=O)c1. The number of rotatable bonds is 2. The molecule has 0 spiro atoms. The zero-order valence-corrected chi connectivity index (χ0v) is 17.7. The number of carbonyl (C=O) groups excluding carboxylic acids is 3. The second-order valence-electron chi connectivity index (χ2n) is 8.96. The lowest BCUT2D eigenvalue weighted by Gasteiger charge is -2.52. The van der Waals surface area contributed by atoms with Gasteiger partial charge in [0.05, 0.1) is 17.5 Å². The lowest BCUT2D eigenvalue weighted by atomic mass is 9.48. The van der Waals surface area contributed by atoms with Gasteiger partial charge in [-0.1, -0.05) is 61.5 Å². The number of ether oxygens (including phenoxy) is 1. The second kappa shape index (κ2) is 6.39. The lowest BCUT2D eigenvalue weighted by Crippen LogP contribution is -2.51. The fourth-order valence-corrected chi connectivity index (χ4v) is 6.26. The van der Waals surface area contributed by atoms with Crippen LogP contribution in [-0.4, -0.2) is 17.8 Å². The van der Waals surface area contributed by atoms with Crippen molar-refractivity contribution in [2.45, 2.75) is 25.2 Å². The maximum absolute atomic E-state index is 13.9. The Hall–Kier alpha value is -3.73. The molecular weight excluding hydrogens is 402 g/mol. The predicted molar refractivity (Wildman–Crippen MR) is 118 cm³/mol. The molecule has 2 unspecified atom stereocenters. The monoisotopic (exact) mass is 423 g/mol. The number of hydrogen-bond donors (Lipinski definition) is 0. The van der Waals surface area contributed by atoms with Crippen LogP contribution < -0.4 is 9.64 Å². The summed E-state index contributed by atoms with van der Waals surface area (Å²) >= 11 is 0. The van der Waals surface area contributed by atoms with E-state index in [4.69, 9.17) is 4.74 Å². The van der Waals surface area contributed by atoms with Crippen LogP contribution in [0.2, 0.25) is 0 Å². The molecule has 1 fully saturated rings. The molecule has 32 heavy (non-hydrogen) atoms. The zero-order valence-electron chi connectivity index (χ0n) is 17.7. The van der Waals surface area contributed by atoms with E-state index in [0.717, 1.165) is 22.3 Å². The molecule has 1 saturated heterocycles. The summed E-state index contributed by atoms with van der Waals surface area (Å²) in [6, 6.07) is 23.0. The maximum Gasteiger partial charge on any atom is 0.308 e. The highest BCUT2D eigenvalue weighted by molar-refractivity contribution is 6.23. The van der Waals surface area contributed by atoms with Gasteiger partial charge in [0, 0.05) is 24.3 Å². The third-order valence-electron chi connectivity index (χ3n) is 7.38. The number of imide groups is 1. The first-order chi connectivity index (χ1) is 15.4. The summed E-state index contributed by atoms with van der Waals surface area (Å²) in [7, 11) is 0. The van der Waals surface area contributed by atoms with E-state index in [-0.39, 0.29) is 17.7 Å². The van der Waals surface area contributed by atoms with E-state index in [1.807, 2.05) is 24.3 Å². The van der Waals surface area contributed by atoms with Crippen molar-refractivity contribution < 1.29 is 19.1 Å². The summed E-state index contributed by atoms with van der Waals surface area (Å²) in [5.74, 6) is -1.64. The Kier molecular flexibility index (Phi) is 3.79. The van der Waals surface area contributed by atoms with Crippen molar-refractivity contribution in [2.24, 2.45) is 11.8 Å². The second-order valence-corrected chi connectivity index (χ2v) is 8.96. The van der Waals surface area contributed by atoms with E-state index >= 15 is 0 Å². The van der Waals surface area contributed by atoms with E-state index < -0.39 is 23.2 Å². The van der Waals surface area contributed by atoms with Crippen LogP contribution in [0.4, 0.5) is 5.69 Å². The highest BCUT2D eigenvalue weighted by atomic mass is 16.5. The highest BCUT2D eigenvalue weighted by Gasteiger charge is 2.66. The van der Waals surface area contributed by atoms with Gasteiger partial charge in [-0.05, 0) is 34.4 Å². The van der Waals surface area contributed by atoms with Crippen molar-refractivity contribution in [3.05, 3.63) is 95.1 Å². The van der Waals surface area contributed by atoms with Crippen LogP contribution in [-0.2, 0) is 19.8 Å². The highest BCUT2D eigenvalue weighted by Crippen LogP contribution is 2.64. The molecule has 2 amide bonds. The number of amides is 2. The van der Waals surface area contributed by atoms with Crippen molar-refractivity contribution in [2.75, 3.05) is 4.90 Å². The molecule has 0 radical (unpaired) electrons. The average Bonchev–Trinajstić information content (AvgIpc) is 3.05. The van der Waals surface area contributed by atoms with Crippen molar-refractivity contribution in [3.63, 3.8) is 0 Å². The van der Waals surface area contributed by atoms with Gasteiger partial charge in [-0.15, -0.1) is 0 Å². The Morgan fingerprint density at radius 3 is 2.12 bits per heavy atom. The van der Waals surface area contributed by atoms with Gasteiger partial charge in [0.1, 0.15) is 5.75 Å². The molecule has 5 heteroatoms. The Balaban J connectivity index is 1.54. The molecule has 1 aliphatic heterocycles. The number of carbonyl (C=O) groups is 3. The standard InChI is InChI=1S/C27H21NO4/c1-15(29)32-17-9-7-8-16(14-17)28-25(30)23-22-18-10-3-5-12-20(18)27(2,24(23)26(28)31)21-13-6-4-11-19(21)22/h3-14,22-24H,1-2H3. The zero-order chi connectivity index (χ0) is 22.2. The van der Waals surface area contributed by atoms with Gasteiger partial charge in [-0.25, -0.2) is 4.90 Å². The van der Waals surface area contributed by atoms with Crippen LogP contribution in [0, 0.1) is 11.8 Å². The maximum atomic E-state index is 13.9. The first-order valence-corrected chi connectivity index (χ1v) is 10.8. The molecule has 4 aliphatic rings. The van der Waals surface area contributed by atoms with Gasteiger partial charge >= 0.3 is 5.97 Å². The van der Waals surface area contributed by atoms with E-state index in [2.05, 4.69) is 31.2 Å². The van der Waals surface area contributed by atoms with Crippen LogP contribution in [0.3, 0.4) is 0 Å². The Labute approximate surface area is 185 Å². The minimum Gasteiger partial charge on any atom is -0.427 e. The molecule has 7 rings (SSSR count). The summed E-state index contributed by atoms with van der Waals surface area (Å²) in [5.41, 5.74) is 4.35. The Morgan fingerprint density at radius 1 is 0.875 bits per heavy atom. The third-order valence-corrected chi connectivity index (χ3v) is 7.38. The summed E-state index contributed by atoms with van der Waals surface area (Å²) < 4.78 is 5.19. The molecule has 3 aliphatic carbocycles. The molecule has 2 atom stereocenters. The summed E-state index contributed by atoms with van der Waals surface area (Å²) in [4.78, 5) is 40.4. The molecule has 158 valence electrons. The minimum atomic E-state index is -0.596. The topological polar surface area (TPSA) is 63.7 Å². The molecule has 3 aromatic carbocycles. The first kappa shape index (κ1) is 19.0. The van der Waals surface area contributed by atoms with E-state index in [0.29, 0.717) is 11.4 Å². The molecule has 2 bridgehead atoms. The van der Waals surface area contributed by atoms with E-state index in [1.165, 1.54) is 11.8 Å². The van der Waals surface area contributed by atoms with Crippen LogP contribution in [0.1, 0.15) is 42.0 Å². The minimum absolute atomic E-state index is 0.160. The van der Waals surface area contributed by atoms with Crippen molar-refractivity contribution >= 4 is 23.5 Å². The first-order valence-electron chi connectivity index (χ1n) is 10.8. The van der Waals surface area contributed by atoms with Crippen LogP contribution in [0.15, 0.2) is 72.8 Å². The van der Waals surface area contributed by atoms with Crippen LogP contribution in [0.5, 0.6) is 5.75 Å². The molecule has 5 nitrogen and oxygen atoms in total. The van der Waals surface area contributed by atoms with Gasteiger partial charge < -0.3 is 4.74 Å². The van der Waals surface area contributed by atoms with E-state index in [1.54, 1.807) is 24.3 Å². The molecule has 0 aromatic heterocycles. The summed E-state index contributed by atoms with van der Waals surface area (Å²) in [6.07, 6.45) is 0. The molecular formula is C27H21NO4. The van der Waals surface area contributed by atoms with Gasteiger partial charge in [0.2, 0.25) is 11.8 Å². The van der Waals surface area contributed by atoms with Crippen molar-refractivity contribution in [1.29, 1.82) is 0 Å². The molecule has 0 N–H and O–H groups in total. The quantitative estimate of drug-likeness (QED) is 0.352. The Morgan fingerprint density at radius 2 is 1.50 bits per heavy atom. The molecule has 1 heterocycles. The fraction of sp³-hybridized carbons (Fsp3) is 0.222. The number of esters is 1. The van der Waals surface area contributed by atoms with Crippen molar-refractivity contribution in [3.8, 4) is 5.75 Å². The van der Waals surface area contributed by atoms with Gasteiger partial charge in [-0.2, -0.15) is 0 Å². The van der Waals surface area contributed by atoms with E-state index in [9.17, 15) is 14.4 Å². The number of benzene rings is 3. The lowest BCUT2D eigenvalue weighted by molar-refractivity contribution is -0.132. The average molecular weight is 423 g/mol. The van der Waals surface area contributed by atoms with Crippen LogP contribution in [0.25, 0.3) is 0 Å². The van der Waals surface area contributed by atoms with Gasteiger partial charge in [0.25, 0.3) is 0 Å².